The predicted molar refractivity (Wildman–Crippen MR) is 108 cm³/mol. The number of hydrogen-bond acceptors (Lipinski definition) is 7. The van der Waals surface area contributed by atoms with Gasteiger partial charge in [0.05, 0.1) is 24.0 Å². The van der Waals surface area contributed by atoms with Crippen molar-refractivity contribution in [1.29, 1.82) is 0 Å². The first-order valence-corrected chi connectivity index (χ1v) is 8.96. The Balaban J connectivity index is 1.66. The number of fused-ring (bicyclic) bond motifs is 2. The van der Waals surface area contributed by atoms with Crippen LogP contribution in [0.25, 0.3) is 22.2 Å². The van der Waals surface area contributed by atoms with Crippen molar-refractivity contribution in [3.63, 3.8) is 0 Å². The molecule has 0 unspecified atom stereocenters. The zero-order chi connectivity index (χ0) is 20.4. The molecule has 146 valence electrons. The summed E-state index contributed by atoms with van der Waals surface area (Å²) in [5.41, 5.74) is 4.08. The van der Waals surface area contributed by atoms with E-state index in [-0.39, 0.29) is 6.03 Å². The Morgan fingerprint density at radius 1 is 1.28 bits per heavy atom. The van der Waals surface area contributed by atoms with Gasteiger partial charge in [0.15, 0.2) is 5.65 Å². The average molecular weight is 389 g/mol. The van der Waals surface area contributed by atoms with Gasteiger partial charge in [-0.15, -0.1) is 5.10 Å². The van der Waals surface area contributed by atoms with E-state index >= 15 is 0 Å². The number of carbonyl (C=O) groups excluding carboxylic acids is 1. The molecule has 10 nitrogen and oxygen atoms in total. The number of aromatic nitrogens is 6. The Kier molecular flexibility index (Phi) is 4.82. The fraction of sp³-hybridized carbons (Fsp3) is 0.211. The molecule has 3 aromatic heterocycles. The molecule has 1 aromatic carbocycles. The van der Waals surface area contributed by atoms with Crippen LogP contribution < -0.4 is 5.32 Å². The summed E-state index contributed by atoms with van der Waals surface area (Å²) >= 11 is 0. The molecule has 4 aromatic rings. The van der Waals surface area contributed by atoms with Gasteiger partial charge >= 0.3 is 6.03 Å². The Hall–Kier alpha value is -3.95. The highest BCUT2D eigenvalue weighted by Crippen LogP contribution is 2.16. The van der Waals surface area contributed by atoms with Gasteiger partial charge in [-0.25, -0.2) is 24.5 Å². The van der Waals surface area contributed by atoms with Crippen LogP contribution in [0.4, 0.5) is 4.79 Å². The molecule has 3 heterocycles. The van der Waals surface area contributed by atoms with Crippen molar-refractivity contribution in [3.05, 3.63) is 54.0 Å². The van der Waals surface area contributed by atoms with Crippen molar-refractivity contribution < 1.29 is 4.79 Å². The Morgan fingerprint density at radius 3 is 2.97 bits per heavy atom. The monoisotopic (exact) mass is 389 g/mol. The quantitative estimate of drug-likeness (QED) is 0.421. The molecular weight excluding hydrogens is 370 g/mol. The second-order valence-corrected chi connectivity index (χ2v) is 6.44. The molecule has 10 heteroatoms. The van der Waals surface area contributed by atoms with E-state index in [2.05, 4.69) is 41.7 Å². The highest BCUT2D eigenvalue weighted by atomic mass is 16.2. The number of carbonyl (C=O) groups is 1. The highest BCUT2D eigenvalue weighted by molar-refractivity contribution is 5.98. The van der Waals surface area contributed by atoms with E-state index in [0.717, 1.165) is 16.5 Å². The molecular formula is C19H19N9O. The Bertz CT molecular complexity index is 1230. The number of rotatable bonds is 4. The van der Waals surface area contributed by atoms with E-state index in [0.29, 0.717) is 29.2 Å². The molecule has 29 heavy (non-hydrogen) atoms. The highest BCUT2D eigenvalue weighted by Gasteiger charge is 2.12. The van der Waals surface area contributed by atoms with Crippen molar-refractivity contribution in [1.82, 2.24) is 40.3 Å². The molecule has 0 saturated carbocycles. The first kappa shape index (κ1) is 18.4. The molecule has 1 N–H and O–H groups in total. The van der Waals surface area contributed by atoms with Crippen LogP contribution in [0.2, 0.25) is 0 Å². The lowest BCUT2D eigenvalue weighted by Crippen LogP contribution is -2.31. The molecule has 0 spiro atoms. The first-order valence-electron chi connectivity index (χ1n) is 8.96. The number of amides is 2. The van der Waals surface area contributed by atoms with Crippen molar-refractivity contribution in [2.75, 3.05) is 14.1 Å². The van der Waals surface area contributed by atoms with Crippen molar-refractivity contribution in [2.24, 2.45) is 5.10 Å². The molecule has 0 atom stereocenters. The second-order valence-electron chi connectivity index (χ2n) is 6.44. The number of hydrogen-bond donors (Lipinski definition) is 1. The average Bonchev–Trinajstić information content (AvgIpc) is 3.14. The Morgan fingerprint density at radius 2 is 2.14 bits per heavy atom. The summed E-state index contributed by atoms with van der Waals surface area (Å²) in [7, 11) is 3.11. The van der Waals surface area contributed by atoms with E-state index in [1.54, 1.807) is 38.1 Å². The van der Waals surface area contributed by atoms with E-state index in [9.17, 15) is 4.79 Å². The van der Waals surface area contributed by atoms with Gasteiger partial charge in [-0.3, -0.25) is 4.98 Å². The molecule has 0 aliphatic rings. The van der Waals surface area contributed by atoms with Gasteiger partial charge in [0.2, 0.25) is 5.65 Å². The summed E-state index contributed by atoms with van der Waals surface area (Å²) in [6.45, 7) is 2.26. The first-order chi connectivity index (χ1) is 14.0. The normalized spacial score (nSPS) is 11.8. The number of pyridine rings is 1. The number of urea groups is 1. The maximum atomic E-state index is 11.6. The van der Waals surface area contributed by atoms with Crippen LogP contribution >= 0.6 is 0 Å². The van der Waals surface area contributed by atoms with Gasteiger partial charge in [0.1, 0.15) is 5.69 Å². The fourth-order valence-electron chi connectivity index (χ4n) is 2.92. The molecule has 0 saturated heterocycles. The van der Waals surface area contributed by atoms with Gasteiger partial charge in [0, 0.05) is 25.7 Å². The second kappa shape index (κ2) is 7.58. The van der Waals surface area contributed by atoms with Crippen LogP contribution in [0.1, 0.15) is 18.2 Å². The largest absolute Gasteiger partial charge is 0.340 e. The van der Waals surface area contributed by atoms with Gasteiger partial charge < -0.3 is 5.32 Å². The third kappa shape index (κ3) is 3.72. The summed E-state index contributed by atoms with van der Waals surface area (Å²) < 4.78 is 1.69. The summed E-state index contributed by atoms with van der Waals surface area (Å²) in [5, 5.41) is 17.3. The third-order valence-electron chi connectivity index (χ3n) is 4.41. The van der Waals surface area contributed by atoms with Crippen molar-refractivity contribution in [2.45, 2.75) is 13.5 Å². The summed E-state index contributed by atoms with van der Waals surface area (Å²) in [6.07, 6.45) is 3.34. The zero-order valence-electron chi connectivity index (χ0n) is 16.2. The maximum absolute atomic E-state index is 11.6. The molecule has 0 aliphatic heterocycles. The number of benzene rings is 1. The minimum atomic E-state index is -0.323. The number of nitrogens with one attached hydrogen (secondary N) is 1. The Labute approximate surface area is 166 Å². The molecule has 0 radical (unpaired) electrons. The maximum Gasteiger partial charge on any atom is 0.337 e. The van der Waals surface area contributed by atoms with E-state index < -0.39 is 0 Å². The lowest BCUT2D eigenvalue weighted by Gasteiger charge is -2.11. The lowest BCUT2D eigenvalue weighted by atomic mass is 10.1. The van der Waals surface area contributed by atoms with E-state index in [1.165, 1.54) is 5.01 Å². The summed E-state index contributed by atoms with van der Waals surface area (Å²) in [6, 6.07) is 9.66. The minimum absolute atomic E-state index is 0.323. The topological polar surface area (TPSA) is 114 Å². The number of nitrogens with zero attached hydrogens (tertiary/aromatic N) is 8. The van der Waals surface area contributed by atoms with Crippen molar-refractivity contribution in [3.8, 4) is 0 Å². The van der Waals surface area contributed by atoms with Gasteiger partial charge in [-0.1, -0.05) is 17.3 Å². The third-order valence-corrected chi connectivity index (χ3v) is 4.41. The van der Waals surface area contributed by atoms with E-state index in [1.807, 2.05) is 24.3 Å². The summed E-state index contributed by atoms with van der Waals surface area (Å²) in [5.74, 6) is 0. The van der Waals surface area contributed by atoms with Crippen LogP contribution in [-0.4, -0.2) is 60.8 Å². The van der Waals surface area contributed by atoms with Crippen LogP contribution in [0.15, 0.2) is 47.8 Å². The van der Waals surface area contributed by atoms with E-state index in [4.69, 9.17) is 0 Å². The number of hydrazone groups is 1. The molecule has 2 amide bonds. The van der Waals surface area contributed by atoms with Gasteiger partial charge in [0.25, 0.3) is 0 Å². The summed E-state index contributed by atoms with van der Waals surface area (Å²) in [4.78, 5) is 24.9. The molecule has 4 rings (SSSR count). The smallest absolute Gasteiger partial charge is 0.337 e. The van der Waals surface area contributed by atoms with Gasteiger partial charge in [-0.05, 0) is 30.7 Å². The van der Waals surface area contributed by atoms with Crippen LogP contribution in [0, 0.1) is 0 Å². The SMILES string of the molecule is CNC(=O)N(C)N=C(C)c1cnc2nnn(Cc3ccc4ncccc4c3)c2n1. The molecule has 0 bridgehead atoms. The zero-order valence-corrected chi connectivity index (χ0v) is 16.2. The van der Waals surface area contributed by atoms with Crippen LogP contribution in [0.5, 0.6) is 0 Å². The van der Waals surface area contributed by atoms with Crippen LogP contribution in [0.3, 0.4) is 0 Å². The standard InChI is InChI=1S/C19H19N9O/c1-12(25-27(3)19(29)20-2)16-10-22-17-18(23-16)28(26-24-17)11-13-6-7-15-14(9-13)5-4-8-21-15/h4-10H,11H2,1-3H3,(H,20,29). The minimum Gasteiger partial charge on any atom is -0.340 e. The van der Waals surface area contributed by atoms with Crippen LogP contribution in [-0.2, 0) is 6.54 Å². The van der Waals surface area contributed by atoms with Crippen molar-refractivity contribution >= 4 is 33.9 Å². The lowest BCUT2D eigenvalue weighted by molar-refractivity contribution is 0.213. The molecule has 0 fully saturated rings. The fourth-order valence-corrected chi connectivity index (χ4v) is 2.92. The predicted octanol–water partition coefficient (Wildman–Crippen LogP) is 1.81. The molecule has 0 aliphatic carbocycles. The van der Waals surface area contributed by atoms with Gasteiger partial charge in [-0.2, -0.15) is 5.10 Å².